The molecule has 0 radical (unpaired) electrons. The number of anilines is 1. The predicted octanol–water partition coefficient (Wildman–Crippen LogP) is 5.35. The molecule has 0 bridgehead atoms. The molecule has 3 heterocycles. The lowest BCUT2D eigenvalue weighted by atomic mass is 10.0. The lowest BCUT2D eigenvalue weighted by Crippen LogP contribution is -2.55. The first-order valence-electron chi connectivity index (χ1n) is 15.4. The molecule has 2 amide bonds. The highest BCUT2D eigenvalue weighted by Gasteiger charge is 2.31. The SMILES string of the molecule is Cl.Cl.Cl.O=C(CC1NCc2ccccc21)N[C@H](Cc1ccc(Cl)cc1)C(=O)N1CCN(c2ccccc2O[C@@H]2CCCNC2)CC1. The molecule has 0 aliphatic carbocycles. The number of carbonyl (C=O) groups is 2. The van der Waals surface area contributed by atoms with Crippen LogP contribution in [0.3, 0.4) is 0 Å². The van der Waals surface area contributed by atoms with Crippen LogP contribution >= 0.6 is 48.8 Å². The van der Waals surface area contributed by atoms with E-state index in [1.807, 2.05) is 59.5 Å². The number of piperidine rings is 1. The number of rotatable bonds is 9. The summed E-state index contributed by atoms with van der Waals surface area (Å²) in [5.74, 6) is 0.704. The van der Waals surface area contributed by atoms with Crippen LogP contribution in [-0.2, 0) is 22.6 Å². The van der Waals surface area contributed by atoms with Gasteiger partial charge in [0.1, 0.15) is 17.9 Å². The average molecular weight is 712 g/mol. The van der Waals surface area contributed by atoms with Crippen molar-refractivity contribution in [2.45, 2.75) is 50.4 Å². The minimum Gasteiger partial charge on any atom is -0.487 e. The number of piperazine rings is 1. The van der Waals surface area contributed by atoms with Crippen LogP contribution in [0.1, 0.15) is 42.0 Å². The maximum absolute atomic E-state index is 13.9. The summed E-state index contributed by atoms with van der Waals surface area (Å²) in [6.45, 7) is 5.19. The standard InChI is InChI=1S/C34H40ClN5O3.3ClH/c35-26-13-11-24(12-14-26)20-30(38-33(41)21-29-28-8-2-1-6-25(28)22-37-29)34(42)40-18-16-39(17-19-40)31-9-3-4-10-32(31)43-27-7-5-15-36-23-27;;;/h1-4,6,8-14,27,29-30,36-37H,5,7,15-23H2,(H,38,41);3*1H/t27-,29?,30-;;;/m1.../s1. The van der Waals surface area contributed by atoms with E-state index in [-0.39, 0.29) is 67.6 Å². The highest BCUT2D eigenvalue weighted by atomic mass is 35.5. The topological polar surface area (TPSA) is 85.9 Å². The highest BCUT2D eigenvalue weighted by molar-refractivity contribution is 6.30. The van der Waals surface area contributed by atoms with E-state index in [1.54, 1.807) is 0 Å². The van der Waals surface area contributed by atoms with Gasteiger partial charge in [0, 0.05) is 63.2 Å². The molecule has 1 unspecified atom stereocenters. The molecular formula is C34H43Cl4N5O3. The van der Waals surface area contributed by atoms with Crippen molar-refractivity contribution in [2.24, 2.45) is 0 Å². The molecule has 3 atom stereocenters. The van der Waals surface area contributed by atoms with Crippen molar-refractivity contribution in [1.29, 1.82) is 0 Å². The van der Waals surface area contributed by atoms with Gasteiger partial charge in [0.25, 0.3) is 0 Å². The molecule has 6 rings (SSSR count). The number of ether oxygens (including phenoxy) is 1. The Morgan fingerprint density at radius 2 is 1.65 bits per heavy atom. The number of nitrogens with zero attached hydrogens (tertiary/aromatic N) is 2. The molecule has 2 fully saturated rings. The van der Waals surface area contributed by atoms with Crippen LogP contribution in [0.25, 0.3) is 0 Å². The molecule has 0 spiro atoms. The molecular weight excluding hydrogens is 668 g/mol. The number of fused-ring (bicyclic) bond motifs is 1. The molecule has 46 heavy (non-hydrogen) atoms. The van der Waals surface area contributed by atoms with Gasteiger partial charge in [-0.2, -0.15) is 0 Å². The lowest BCUT2D eigenvalue weighted by Gasteiger charge is -2.38. The first-order valence-corrected chi connectivity index (χ1v) is 15.8. The number of benzene rings is 3. The average Bonchev–Trinajstić information content (AvgIpc) is 3.45. The van der Waals surface area contributed by atoms with E-state index in [2.05, 4.69) is 39.0 Å². The van der Waals surface area contributed by atoms with Crippen LogP contribution in [0.4, 0.5) is 5.69 Å². The zero-order chi connectivity index (χ0) is 29.6. The van der Waals surface area contributed by atoms with Crippen molar-refractivity contribution in [3.63, 3.8) is 0 Å². The Hall–Kier alpha value is -2.72. The Morgan fingerprint density at radius 1 is 0.935 bits per heavy atom. The Kier molecular flexibility index (Phi) is 14.8. The van der Waals surface area contributed by atoms with Gasteiger partial charge in [-0.25, -0.2) is 0 Å². The van der Waals surface area contributed by atoms with E-state index in [4.69, 9.17) is 16.3 Å². The van der Waals surface area contributed by atoms with Gasteiger partial charge in [-0.05, 0) is 60.3 Å². The zero-order valence-corrected chi connectivity index (χ0v) is 28.9. The molecule has 0 aromatic heterocycles. The molecule has 3 aromatic carbocycles. The van der Waals surface area contributed by atoms with Gasteiger partial charge in [0.2, 0.25) is 11.8 Å². The highest BCUT2D eigenvalue weighted by Crippen LogP contribution is 2.31. The third kappa shape index (κ3) is 9.43. The van der Waals surface area contributed by atoms with Crippen molar-refractivity contribution in [1.82, 2.24) is 20.9 Å². The predicted molar refractivity (Wildman–Crippen MR) is 191 cm³/mol. The van der Waals surface area contributed by atoms with E-state index in [0.717, 1.165) is 55.0 Å². The second-order valence-corrected chi connectivity index (χ2v) is 12.1. The largest absolute Gasteiger partial charge is 0.487 e. The van der Waals surface area contributed by atoms with E-state index in [0.29, 0.717) is 37.6 Å². The van der Waals surface area contributed by atoms with Crippen molar-refractivity contribution in [3.05, 3.63) is 94.5 Å². The molecule has 0 saturated carbocycles. The summed E-state index contributed by atoms with van der Waals surface area (Å²) in [6.07, 6.45) is 3.02. The third-order valence-corrected chi connectivity index (χ3v) is 8.94. The smallest absolute Gasteiger partial charge is 0.245 e. The van der Waals surface area contributed by atoms with Crippen molar-refractivity contribution < 1.29 is 14.3 Å². The number of hydrogen-bond donors (Lipinski definition) is 3. The fraction of sp³-hybridized carbons (Fsp3) is 0.412. The Labute approximate surface area is 295 Å². The summed E-state index contributed by atoms with van der Waals surface area (Å²) in [4.78, 5) is 31.4. The second-order valence-electron chi connectivity index (χ2n) is 11.7. The molecule has 3 aliphatic heterocycles. The molecule has 250 valence electrons. The quantitative estimate of drug-likeness (QED) is 0.278. The summed E-state index contributed by atoms with van der Waals surface area (Å²) in [7, 11) is 0. The van der Waals surface area contributed by atoms with Gasteiger partial charge < -0.3 is 30.5 Å². The summed E-state index contributed by atoms with van der Waals surface area (Å²) >= 11 is 6.11. The summed E-state index contributed by atoms with van der Waals surface area (Å²) in [6, 6.07) is 23.1. The summed E-state index contributed by atoms with van der Waals surface area (Å²) in [5, 5.41) is 10.6. The van der Waals surface area contributed by atoms with Crippen LogP contribution in [0.5, 0.6) is 5.75 Å². The third-order valence-electron chi connectivity index (χ3n) is 8.69. The fourth-order valence-electron chi connectivity index (χ4n) is 6.36. The first-order chi connectivity index (χ1) is 21.0. The fourth-order valence-corrected chi connectivity index (χ4v) is 6.49. The maximum atomic E-state index is 13.9. The van der Waals surface area contributed by atoms with E-state index in [1.165, 1.54) is 5.56 Å². The van der Waals surface area contributed by atoms with Gasteiger partial charge in [-0.3, -0.25) is 9.59 Å². The van der Waals surface area contributed by atoms with Crippen molar-refractivity contribution in [2.75, 3.05) is 44.2 Å². The summed E-state index contributed by atoms with van der Waals surface area (Å²) < 4.78 is 6.40. The van der Waals surface area contributed by atoms with Crippen molar-refractivity contribution in [3.8, 4) is 5.75 Å². The maximum Gasteiger partial charge on any atom is 0.245 e. The zero-order valence-electron chi connectivity index (χ0n) is 25.7. The van der Waals surface area contributed by atoms with Gasteiger partial charge in [-0.1, -0.05) is 60.1 Å². The van der Waals surface area contributed by atoms with Crippen LogP contribution in [-0.4, -0.2) is 68.1 Å². The number of carbonyl (C=O) groups excluding carboxylic acids is 2. The van der Waals surface area contributed by atoms with Crippen LogP contribution in [0.15, 0.2) is 72.8 Å². The van der Waals surface area contributed by atoms with E-state index >= 15 is 0 Å². The monoisotopic (exact) mass is 709 g/mol. The van der Waals surface area contributed by atoms with Crippen LogP contribution in [0.2, 0.25) is 5.02 Å². The number of amides is 2. The lowest BCUT2D eigenvalue weighted by molar-refractivity contribution is -0.136. The molecule has 12 heteroatoms. The summed E-state index contributed by atoms with van der Waals surface area (Å²) in [5.41, 5.74) is 4.39. The molecule has 8 nitrogen and oxygen atoms in total. The minimum atomic E-state index is -0.661. The number of para-hydroxylation sites is 2. The van der Waals surface area contributed by atoms with Gasteiger partial charge in [0.15, 0.2) is 0 Å². The number of nitrogens with one attached hydrogen (secondary N) is 3. The first kappa shape index (κ1) is 37.7. The number of halogens is 4. The van der Waals surface area contributed by atoms with E-state index in [9.17, 15) is 9.59 Å². The Bertz CT molecular complexity index is 1420. The van der Waals surface area contributed by atoms with Crippen molar-refractivity contribution >= 4 is 66.3 Å². The second kappa shape index (κ2) is 18.0. The molecule has 3 aliphatic rings. The van der Waals surface area contributed by atoms with E-state index < -0.39 is 6.04 Å². The van der Waals surface area contributed by atoms with Crippen LogP contribution < -0.4 is 25.6 Å². The van der Waals surface area contributed by atoms with Gasteiger partial charge in [0.05, 0.1) is 5.69 Å². The van der Waals surface area contributed by atoms with Gasteiger partial charge >= 0.3 is 0 Å². The normalized spacial score (nSPS) is 19.4. The Balaban J connectivity index is 0.00000192. The molecule has 3 N–H and O–H groups in total. The molecule has 2 saturated heterocycles. The minimum absolute atomic E-state index is 0. The number of hydrogen-bond acceptors (Lipinski definition) is 6. The van der Waals surface area contributed by atoms with Gasteiger partial charge in [-0.15, -0.1) is 37.2 Å². The molecule has 3 aromatic rings. The Morgan fingerprint density at radius 3 is 2.39 bits per heavy atom. The van der Waals surface area contributed by atoms with Crippen LogP contribution in [0, 0.1) is 0 Å².